The van der Waals surface area contributed by atoms with E-state index in [-0.39, 0.29) is 5.78 Å². The lowest BCUT2D eigenvalue weighted by Gasteiger charge is -2.15. The number of ether oxygens (including phenoxy) is 1. The Morgan fingerprint density at radius 2 is 1.68 bits per heavy atom. The third-order valence-corrected chi connectivity index (χ3v) is 4.08. The number of anilines is 1. The van der Waals surface area contributed by atoms with Crippen molar-refractivity contribution in [1.82, 2.24) is 4.98 Å². The molecule has 0 aliphatic rings. The van der Waals surface area contributed by atoms with Gasteiger partial charge in [-0.25, -0.2) is 4.98 Å². The summed E-state index contributed by atoms with van der Waals surface area (Å²) in [5.74, 6) is 1.33. The van der Waals surface area contributed by atoms with E-state index in [0.29, 0.717) is 11.4 Å². The summed E-state index contributed by atoms with van der Waals surface area (Å²) in [7, 11) is 3.41. The van der Waals surface area contributed by atoms with Crippen LogP contribution in [0.2, 0.25) is 0 Å². The Morgan fingerprint density at radius 3 is 2.24 bits per heavy atom. The molecule has 25 heavy (non-hydrogen) atoms. The molecule has 3 rings (SSSR count). The third kappa shape index (κ3) is 3.38. The summed E-state index contributed by atoms with van der Waals surface area (Å²) >= 11 is 0. The number of carbonyl (C=O) groups is 1. The molecule has 0 fully saturated rings. The molecule has 1 N–H and O–H groups in total. The zero-order valence-corrected chi connectivity index (χ0v) is 14.5. The Balaban J connectivity index is 2.24. The van der Waals surface area contributed by atoms with E-state index in [9.17, 15) is 4.79 Å². The fraction of sp³-hybridized carbons (Fsp3) is 0.143. The first-order valence-electron chi connectivity index (χ1n) is 8.07. The number of rotatable bonds is 5. The molecule has 1 heterocycles. The van der Waals surface area contributed by atoms with Crippen molar-refractivity contribution in [2.45, 2.75) is 6.92 Å². The molecular formula is C21H20N2O2. The maximum atomic E-state index is 12.3. The molecule has 0 amide bonds. The molecule has 0 unspecified atom stereocenters. The second-order valence-corrected chi connectivity index (χ2v) is 5.68. The van der Waals surface area contributed by atoms with E-state index in [1.54, 1.807) is 21.1 Å². The monoisotopic (exact) mass is 332 g/mol. The van der Waals surface area contributed by atoms with Crippen molar-refractivity contribution in [1.29, 1.82) is 0 Å². The highest BCUT2D eigenvalue weighted by Gasteiger charge is 2.18. The predicted molar refractivity (Wildman–Crippen MR) is 101 cm³/mol. The van der Waals surface area contributed by atoms with Crippen LogP contribution in [0.1, 0.15) is 17.3 Å². The zero-order chi connectivity index (χ0) is 17.8. The highest BCUT2D eigenvalue weighted by Crippen LogP contribution is 2.33. The summed E-state index contributed by atoms with van der Waals surface area (Å²) in [6, 6.07) is 19.6. The number of hydrogen-bond acceptors (Lipinski definition) is 4. The molecule has 2 aromatic carbocycles. The number of hydrogen-bond donors (Lipinski definition) is 1. The highest BCUT2D eigenvalue weighted by atomic mass is 16.5. The molecule has 4 heteroatoms. The normalized spacial score (nSPS) is 10.4. The average molecular weight is 332 g/mol. The molecule has 126 valence electrons. The number of ketones is 1. The Labute approximate surface area is 147 Å². The first-order valence-corrected chi connectivity index (χ1v) is 8.07. The predicted octanol–water partition coefficient (Wildman–Crippen LogP) is 4.67. The number of nitrogens with one attached hydrogen (secondary N) is 1. The minimum Gasteiger partial charge on any atom is -0.497 e. The average Bonchev–Trinajstić information content (AvgIpc) is 2.67. The number of methoxy groups -OCH3 is 1. The lowest BCUT2D eigenvalue weighted by molar-refractivity contribution is 0.101. The van der Waals surface area contributed by atoms with Gasteiger partial charge >= 0.3 is 0 Å². The number of Topliss-reactive ketones (excluding diaryl/α,β-unsaturated/α-hetero) is 1. The maximum absolute atomic E-state index is 12.3. The first kappa shape index (κ1) is 16.7. The van der Waals surface area contributed by atoms with Crippen molar-refractivity contribution in [2.24, 2.45) is 0 Å². The van der Waals surface area contributed by atoms with Crippen LogP contribution in [0.4, 0.5) is 5.82 Å². The van der Waals surface area contributed by atoms with Gasteiger partial charge in [-0.15, -0.1) is 0 Å². The quantitative estimate of drug-likeness (QED) is 0.690. The van der Waals surface area contributed by atoms with Crippen molar-refractivity contribution >= 4 is 11.6 Å². The Bertz CT molecular complexity index is 888. The Hall–Kier alpha value is -3.14. The van der Waals surface area contributed by atoms with Crippen molar-refractivity contribution in [3.63, 3.8) is 0 Å². The van der Waals surface area contributed by atoms with Crippen LogP contribution >= 0.6 is 0 Å². The Kier molecular flexibility index (Phi) is 4.80. The summed E-state index contributed by atoms with van der Waals surface area (Å²) in [4.78, 5) is 16.9. The molecule has 0 spiro atoms. The van der Waals surface area contributed by atoms with Gasteiger partial charge in [0.25, 0.3) is 0 Å². The number of benzene rings is 2. The summed E-state index contributed by atoms with van der Waals surface area (Å²) in [6.07, 6.45) is 0. The molecule has 4 nitrogen and oxygen atoms in total. The van der Waals surface area contributed by atoms with Gasteiger partial charge in [0.1, 0.15) is 11.6 Å². The van der Waals surface area contributed by atoms with Crippen LogP contribution < -0.4 is 10.1 Å². The van der Waals surface area contributed by atoms with Crippen LogP contribution in [0, 0.1) is 0 Å². The summed E-state index contributed by atoms with van der Waals surface area (Å²) in [6.45, 7) is 1.56. The zero-order valence-electron chi connectivity index (χ0n) is 14.5. The van der Waals surface area contributed by atoms with Crippen molar-refractivity contribution in [2.75, 3.05) is 19.5 Å². The van der Waals surface area contributed by atoms with Crippen LogP contribution in [0.15, 0.2) is 60.7 Å². The van der Waals surface area contributed by atoms with E-state index < -0.39 is 0 Å². The molecule has 0 bridgehead atoms. The molecule has 0 saturated heterocycles. The molecule has 0 atom stereocenters. The number of carbonyl (C=O) groups excluding carboxylic acids is 1. The molecule has 0 radical (unpaired) electrons. The SMILES string of the molecule is CNc1nc(-c2ccccc2)cc(-c2ccc(OC)cc2)c1C(C)=O. The fourth-order valence-electron chi connectivity index (χ4n) is 2.84. The molecule has 3 aromatic rings. The van der Waals surface area contributed by atoms with Crippen molar-refractivity contribution in [3.8, 4) is 28.1 Å². The molecule has 0 saturated carbocycles. The van der Waals surface area contributed by atoms with Crippen molar-refractivity contribution < 1.29 is 9.53 Å². The number of aromatic nitrogens is 1. The maximum Gasteiger partial charge on any atom is 0.164 e. The van der Waals surface area contributed by atoms with Gasteiger partial charge in [-0.05, 0) is 36.2 Å². The number of nitrogens with zero attached hydrogens (tertiary/aromatic N) is 1. The van der Waals surface area contributed by atoms with Gasteiger partial charge in [0.15, 0.2) is 5.78 Å². The van der Waals surface area contributed by atoms with Crippen molar-refractivity contribution in [3.05, 3.63) is 66.2 Å². The van der Waals surface area contributed by atoms with Gasteiger partial charge < -0.3 is 10.1 Å². The van der Waals surface area contributed by atoms with Gasteiger partial charge in [0.05, 0.1) is 18.4 Å². The second-order valence-electron chi connectivity index (χ2n) is 5.68. The lowest BCUT2D eigenvalue weighted by atomic mass is 9.96. The largest absolute Gasteiger partial charge is 0.497 e. The first-order chi connectivity index (χ1) is 12.1. The summed E-state index contributed by atoms with van der Waals surface area (Å²) in [5.41, 5.74) is 4.22. The van der Waals surface area contributed by atoms with E-state index in [2.05, 4.69) is 10.3 Å². The van der Waals surface area contributed by atoms with Crippen LogP contribution in [-0.2, 0) is 0 Å². The fourth-order valence-corrected chi connectivity index (χ4v) is 2.84. The van der Waals surface area contributed by atoms with Gasteiger partial charge in [-0.2, -0.15) is 0 Å². The summed E-state index contributed by atoms with van der Waals surface area (Å²) < 4.78 is 5.23. The molecule has 1 aromatic heterocycles. The van der Waals surface area contributed by atoms with Gasteiger partial charge in [0.2, 0.25) is 0 Å². The molecule has 0 aliphatic heterocycles. The second kappa shape index (κ2) is 7.18. The minimum absolute atomic E-state index is 0.0257. The van der Waals surface area contributed by atoms with Crippen LogP contribution in [-0.4, -0.2) is 24.9 Å². The van der Waals surface area contributed by atoms with E-state index in [1.807, 2.05) is 60.7 Å². The van der Waals surface area contributed by atoms with E-state index in [1.165, 1.54) is 0 Å². The molecular weight excluding hydrogens is 312 g/mol. The van der Waals surface area contributed by atoms with Crippen LogP contribution in [0.5, 0.6) is 5.75 Å². The number of pyridine rings is 1. The van der Waals surface area contributed by atoms with Gasteiger partial charge in [-0.3, -0.25) is 4.79 Å². The molecule has 0 aliphatic carbocycles. The van der Waals surface area contributed by atoms with Gasteiger partial charge in [-0.1, -0.05) is 42.5 Å². The minimum atomic E-state index is -0.0257. The smallest absolute Gasteiger partial charge is 0.164 e. The lowest BCUT2D eigenvalue weighted by Crippen LogP contribution is -2.06. The van der Waals surface area contributed by atoms with Crippen LogP contribution in [0.3, 0.4) is 0 Å². The van der Waals surface area contributed by atoms with Crippen LogP contribution in [0.25, 0.3) is 22.4 Å². The van der Waals surface area contributed by atoms with E-state index >= 15 is 0 Å². The third-order valence-electron chi connectivity index (χ3n) is 4.08. The summed E-state index contributed by atoms with van der Waals surface area (Å²) in [5, 5.41) is 3.06. The highest BCUT2D eigenvalue weighted by molar-refractivity contribution is 6.05. The van der Waals surface area contributed by atoms with Gasteiger partial charge in [0, 0.05) is 12.6 Å². The Morgan fingerprint density at radius 1 is 1.00 bits per heavy atom. The topological polar surface area (TPSA) is 51.2 Å². The van der Waals surface area contributed by atoms with E-state index in [0.717, 1.165) is 28.1 Å². The standard InChI is InChI=1S/C21H20N2O2/c1-14(24)20-18(15-9-11-17(25-3)12-10-15)13-19(23-21(20)22-2)16-7-5-4-6-8-16/h4-13H,1-3H3,(H,22,23). The van der Waals surface area contributed by atoms with E-state index in [4.69, 9.17) is 4.74 Å².